The van der Waals surface area contributed by atoms with Crippen LogP contribution in [0.2, 0.25) is 0 Å². The second-order valence-electron chi connectivity index (χ2n) is 6.82. The Kier molecular flexibility index (Phi) is 5.45. The first kappa shape index (κ1) is 17.1. The van der Waals surface area contributed by atoms with Crippen LogP contribution in [0.3, 0.4) is 0 Å². The minimum Gasteiger partial charge on any atom is -0.381 e. The molecule has 134 valence electrons. The lowest BCUT2D eigenvalue weighted by atomic mass is 10.0. The number of aromatic nitrogens is 1. The summed E-state index contributed by atoms with van der Waals surface area (Å²) in [5, 5.41) is 8.20. The summed E-state index contributed by atoms with van der Waals surface area (Å²) in [6, 6.07) is 2.31. The average Bonchev–Trinajstić information content (AvgIpc) is 3.38. The number of carbonyl (C=O) groups is 1. The monoisotopic (exact) mass is 377 g/mol. The van der Waals surface area contributed by atoms with Crippen molar-refractivity contribution in [1.29, 1.82) is 0 Å². The van der Waals surface area contributed by atoms with Crippen molar-refractivity contribution in [2.45, 2.75) is 25.3 Å². The van der Waals surface area contributed by atoms with Gasteiger partial charge in [-0.15, -0.1) is 11.3 Å². The predicted molar refractivity (Wildman–Crippen MR) is 101 cm³/mol. The fourth-order valence-electron chi connectivity index (χ4n) is 3.51. The van der Waals surface area contributed by atoms with Gasteiger partial charge in [0, 0.05) is 43.2 Å². The topological polar surface area (TPSA) is 54.5 Å². The number of hydrogen-bond acceptors (Lipinski definition) is 6. The molecule has 1 atom stereocenters. The van der Waals surface area contributed by atoms with Crippen LogP contribution >= 0.6 is 22.7 Å². The van der Waals surface area contributed by atoms with Gasteiger partial charge < -0.3 is 15.0 Å². The van der Waals surface area contributed by atoms with Crippen LogP contribution in [-0.4, -0.2) is 54.7 Å². The molecule has 5 nitrogen and oxygen atoms in total. The molecule has 0 saturated carbocycles. The van der Waals surface area contributed by atoms with Crippen molar-refractivity contribution in [1.82, 2.24) is 15.2 Å². The number of ether oxygens (including phenoxy) is 1. The minimum absolute atomic E-state index is 0.0154. The Morgan fingerprint density at radius 2 is 2.24 bits per heavy atom. The van der Waals surface area contributed by atoms with Gasteiger partial charge in [0.1, 0.15) is 9.88 Å². The molecule has 1 amide bonds. The molecule has 1 N–H and O–H groups in total. The van der Waals surface area contributed by atoms with Crippen molar-refractivity contribution < 1.29 is 9.53 Å². The maximum Gasteiger partial charge on any atom is 0.263 e. The van der Waals surface area contributed by atoms with E-state index in [4.69, 9.17) is 4.74 Å². The third kappa shape index (κ3) is 4.28. The highest BCUT2D eigenvalue weighted by atomic mass is 32.1. The summed E-state index contributed by atoms with van der Waals surface area (Å²) in [6.07, 6.45) is 4.93. The molecule has 2 aliphatic rings. The third-order valence-electron chi connectivity index (χ3n) is 4.96. The van der Waals surface area contributed by atoms with E-state index in [9.17, 15) is 4.79 Å². The van der Waals surface area contributed by atoms with Crippen LogP contribution in [0.1, 0.15) is 28.9 Å². The van der Waals surface area contributed by atoms with Gasteiger partial charge in [-0.2, -0.15) is 11.3 Å². The van der Waals surface area contributed by atoms with Crippen molar-refractivity contribution in [3.8, 4) is 10.6 Å². The molecule has 0 spiro atoms. The smallest absolute Gasteiger partial charge is 0.263 e. The molecule has 25 heavy (non-hydrogen) atoms. The van der Waals surface area contributed by atoms with Gasteiger partial charge in [0.15, 0.2) is 0 Å². The summed E-state index contributed by atoms with van der Waals surface area (Å²) in [7, 11) is 0. The highest BCUT2D eigenvalue weighted by Gasteiger charge is 2.25. The Morgan fingerprint density at radius 1 is 1.36 bits per heavy atom. The zero-order valence-corrected chi connectivity index (χ0v) is 15.8. The number of nitrogens with zero attached hydrogens (tertiary/aromatic N) is 2. The molecule has 2 fully saturated rings. The van der Waals surface area contributed by atoms with Gasteiger partial charge in [0.2, 0.25) is 0 Å². The van der Waals surface area contributed by atoms with Crippen LogP contribution < -0.4 is 5.32 Å². The molecule has 1 unspecified atom stereocenters. The molecule has 4 heterocycles. The van der Waals surface area contributed by atoms with Crippen molar-refractivity contribution in [2.24, 2.45) is 5.92 Å². The summed E-state index contributed by atoms with van der Waals surface area (Å²) in [5.74, 6) is 0.709. The molecule has 2 aromatic heterocycles. The van der Waals surface area contributed by atoms with Gasteiger partial charge in [0.05, 0.1) is 12.8 Å². The number of thiazole rings is 1. The molecule has 7 heteroatoms. The number of nitrogens with one attached hydrogen (secondary N) is 1. The van der Waals surface area contributed by atoms with E-state index in [1.165, 1.54) is 17.8 Å². The maximum atomic E-state index is 12.5. The molecule has 2 aliphatic heterocycles. The van der Waals surface area contributed by atoms with E-state index in [-0.39, 0.29) is 11.9 Å². The van der Waals surface area contributed by atoms with Gasteiger partial charge in [-0.1, -0.05) is 0 Å². The summed E-state index contributed by atoms with van der Waals surface area (Å²) in [5.41, 5.74) is 1.10. The minimum atomic E-state index is 0.0154. The predicted octanol–water partition coefficient (Wildman–Crippen LogP) is 3.10. The van der Waals surface area contributed by atoms with E-state index < -0.39 is 0 Å². The second-order valence-corrected chi connectivity index (χ2v) is 8.63. The van der Waals surface area contributed by atoms with Crippen LogP contribution in [0.5, 0.6) is 0 Å². The number of rotatable bonds is 5. The first-order valence-corrected chi connectivity index (χ1v) is 10.6. The highest BCUT2D eigenvalue weighted by molar-refractivity contribution is 7.17. The van der Waals surface area contributed by atoms with E-state index >= 15 is 0 Å². The number of amides is 1. The lowest BCUT2D eigenvalue weighted by Gasteiger charge is -2.33. The van der Waals surface area contributed by atoms with Crippen molar-refractivity contribution in [2.75, 3.05) is 32.8 Å². The first-order chi connectivity index (χ1) is 12.3. The molecular formula is C18H23N3O2S2. The lowest BCUT2D eigenvalue weighted by molar-refractivity contribution is 0.0907. The normalized spacial score (nSPS) is 22.3. The van der Waals surface area contributed by atoms with Crippen LogP contribution in [-0.2, 0) is 4.74 Å². The van der Waals surface area contributed by atoms with E-state index in [0.717, 1.165) is 56.3 Å². The molecule has 2 saturated heterocycles. The molecule has 2 aromatic rings. The average molecular weight is 378 g/mol. The number of thiophene rings is 1. The zero-order chi connectivity index (χ0) is 17.1. The number of hydrogen-bond donors (Lipinski definition) is 1. The summed E-state index contributed by atoms with van der Waals surface area (Å²) >= 11 is 3.11. The molecule has 0 aliphatic carbocycles. The molecule has 0 bridgehead atoms. The first-order valence-electron chi connectivity index (χ1n) is 8.87. The lowest BCUT2D eigenvalue weighted by Crippen LogP contribution is -2.45. The quantitative estimate of drug-likeness (QED) is 0.870. The Morgan fingerprint density at radius 3 is 2.96 bits per heavy atom. The van der Waals surface area contributed by atoms with E-state index in [0.29, 0.717) is 10.8 Å². The van der Waals surface area contributed by atoms with Gasteiger partial charge in [-0.05, 0) is 36.6 Å². The van der Waals surface area contributed by atoms with Crippen LogP contribution in [0.15, 0.2) is 23.0 Å². The largest absolute Gasteiger partial charge is 0.381 e. The SMILES string of the molecule is O=C(NC1CCN(CC2CCOC2)CC1)c1cnc(-c2ccsc2)s1. The highest BCUT2D eigenvalue weighted by Crippen LogP contribution is 2.27. The summed E-state index contributed by atoms with van der Waals surface area (Å²) in [4.78, 5) is 20.1. The second kappa shape index (κ2) is 7.95. The fourth-order valence-corrected chi connectivity index (χ4v) is 5.04. The van der Waals surface area contributed by atoms with Crippen molar-refractivity contribution >= 4 is 28.6 Å². The standard InChI is InChI=1S/C18H23N3O2S2/c22-17(16-9-19-18(25-16)14-4-8-24-12-14)20-15-1-5-21(6-2-15)10-13-3-7-23-11-13/h4,8-9,12-13,15H,1-3,5-7,10-11H2,(H,20,22). The van der Waals surface area contributed by atoms with E-state index in [1.54, 1.807) is 17.5 Å². The van der Waals surface area contributed by atoms with Crippen molar-refractivity contribution in [3.63, 3.8) is 0 Å². The van der Waals surface area contributed by atoms with Gasteiger partial charge in [0.25, 0.3) is 5.91 Å². The van der Waals surface area contributed by atoms with Gasteiger partial charge >= 0.3 is 0 Å². The van der Waals surface area contributed by atoms with Crippen LogP contribution in [0.4, 0.5) is 0 Å². The third-order valence-corrected chi connectivity index (χ3v) is 6.69. The molecular weight excluding hydrogens is 354 g/mol. The van der Waals surface area contributed by atoms with Crippen molar-refractivity contribution in [3.05, 3.63) is 27.9 Å². The Labute approximate surface area is 156 Å². The maximum absolute atomic E-state index is 12.5. The van der Waals surface area contributed by atoms with Crippen LogP contribution in [0.25, 0.3) is 10.6 Å². The summed E-state index contributed by atoms with van der Waals surface area (Å²) < 4.78 is 5.46. The Bertz CT molecular complexity index is 687. The Balaban J connectivity index is 1.26. The van der Waals surface area contributed by atoms with Gasteiger partial charge in [-0.3, -0.25) is 4.79 Å². The Hall–Kier alpha value is -1.28. The summed E-state index contributed by atoms with van der Waals surface area (Å²) in [6.45, 7) is 5.09. The molecule has 0 radical (unpaired) electrons. The molecule has 0 aromatic carbocycles. The number of piperidine rings is 1. The van der Waals surface area contributed by atoms with E-state index in [1.807, 2.05) is 11.4 Å². The zero-order valence-electron chi connectivity index (χ0n) is 14.1. The number of carbonyl (C=O) groups excluding carboxylic acids is 1. The number of likely N-dealkylation sites (tertiary alicyclic amines) is 1. The van der Waals surface area contributed by atoms with E-state index in [2.05, 4.69) is 20.6 Å². The van der Waals surface area contributed by atoms with Crippen LogP contribution in [0, 0.1) is 5.92 Å². The molecule has 4 rings (SSSR count). The fraction of sp³-hybridized carbons (Fsp3) is 0.556. The van der Waals surface area contributed by atoms with Gasteiger partial charge in [-0.25, -0.2) is 4.98 Å².